The summed E-state index contributed by atoms with van der Waals surface area (Å²) < 4.78 is 19.2. The van der Waals surface area contributed by atoms with Crippen molar-refractivity contribution in [3.63, 3.8) is 0 Å². The maximum absolute atomic E-state index is 14.0. The molecule has 2 atom stereocenters. The van der Waals surface area contributed by atoms with Gasteiger partial charge in [-0.05, 0) is 57.5 Å². The van der Waals surface area contributed by atoms with Gasteiger partial charge in [0.2, 0.25) is 0 Å². The second kappa shape index (κ2) is 8.35. The Labute approximate surface area is 128 Å². The molecule has 0 radical (unpaired) electrons. The van der Waals surface area contributed by atoms with E-state index in [9.17, 15) is 4.39 Å². The van der Waals surface area contributed by atoms with E-state index >= 15 is 0 Å². The van der Waals surface area contributed by atoms with Gasteiger partial charge in [0, 0.05) is 31.4 Å². The van der Waals surface area contributed by atoms with Crippen molar-refractivity contribution in [2.24, 2.45) is 0 Å². The first-order valence-electron chi connectivity index (χ1n) is 7.69. The Morgan fingerprint density at radius 2 is 2.00 bits per heavy atom. The summed E-state index contributed by atoms with van der Waals surface area (Å²) >= 11 is 0. The van der Waals surface area contributed by atoms with Gasteiger partial charge in [0.05, 0.1) is 6.61 Å². The number of methoxy groups -OCH3 is 1. The van der Waals surface area contributed by atoms with Gasteiger partial charge in [-0.2, -0.15) is 0 Å². The fourth-order valence-electron chi connectivity index (χ4n) is 2.42. The normalized spacial score (nSPS) is 14.0. The number of benzene rings is 1. The molecule has 0 spiro atoms. The SMILES string of the molecule is CCC(C)N(CCOC)c1cc(C)c(F)cc1C(C)NC. The second-order valence-electron chi connectivity index (χ2n) is 5.61. The zero-order valence-electron chi connectivity index (χ0n) is 14.2. The van der Waals surface area contributed by atoms with Crippen LogP contribution in [0.3, 0.4) is 0 Å². The smallest absolute Gasteiger partial charge is 0.126 e. The number of anilines is 1. The van der Waals surface area contributed by atoms with Crippen molar-refractivity contribution >= 4 is 5.69 Å². The fourth-order valence-corrected chi connectivity index (χ4v) is 2.42. The summed E-state index contributed by atoms with van der Waals surface area (Å²) in [5.74, 6) is -0.147. The molecule has 1 N–H and O–H groups in total. The van der Waals surface area contributed by atoms with E-state index in [-0.39, 0.29) is 11.9 Å². The number of nitrogens with one attached hydrogen (secondary N) is 1. The Bertz CT molecular complexity index is 451. The van der Waals surface area contributed by atoms with E-state index in [1.54, 1.807) is 13.2 Å². The first kappa shape index (κ1) is 17.9. The quantitative estimate of drug-likeness (QED) is 0.792. The van der Waals surface area contributed by atoms with Gasteiger partial charge in [-0.1, -0.05) is 6.92 Å². The van der Waals surface area contributed by atoms with Crippen LogP contribution >= 0.6 is 0 Å². The van der Waals surface area contributed by atoms with Crippen LogP contribution in [-0.4, -0.2) is 33.4 Å². The molecule has 0 fully saturated rings. The van der Waals surface area contributed by atoms with Crippen LogP contribution in [0.25, 0.3) is 0 Å². The van der Waals surface area contributed by atoms with Crippen LogP contribution in [0, 0.1) is 12.7 Å². The van der Waals surface area contributed by atoms with Crippen molar-refractivity contribution in [1.29, 1.82) is 0 Å². The van der Waals surface area contributed by atoms with Crippen LogP contribution in [0.2, 0.25) is 0 Å². The lowest BCUT2D eigenvalue weighted by Gasteiger charge is -2.34. The molecular formula is C17H29FN2O. The van der Waals surface area contributed by atoms with Crippen LogP contribution in [0.4, 0.5) is 10.1 Å². The molecule has 1 rings (SSSR count). The maximum atomic E-state index is 14.0. The van der Waals surface area contributed by atoms with Crippen LogP contribution in [0.1, 0.15) is 44.4 Å². The predicted molar refractivity (Wildman–Crippen MR) is 87.6 cm³/mol. The molecule has 0 aliphatic rings. The van der Waals surface area contributed by atoms with Crippen molar-refractivity contribution < 1.29 is 9.13 Å². The number of halogens is 1. The topological polar surface area (TPSA) is 24.5 Å². The summed E-state index contributed by atoms with van der Waals surface area (Å²) in [6, 6.07) is 4.10. The molecule has 1 aromatic carbocycles. The van der Waals surface area contributed by atoms with Crippen molar-refractivity contribution in [3.8, 4) is 0 Å². The van der Waals surface area contributed by atoms with Crippen LogP contribution in [0.5, 0.6) is 0 Å². The van der Waals surface area contributed by atoms with Crippen molar-refractivity contribution in [3.05, 3.63) is 29.1 Å². The molecule has 0 amide bonds. The third-order valence-electron chi connectivity index (χ3n) is 4.18. The third-order valence-corrected chi connectivity index (χ3v) is 4.18. The van der Waals surface area contributed by atoms with E-state index in [0.717, 1.165) is 24.2 Å². The van der Waals surface area contributed by atoms with Gasteiger partial charge in [-0.25, -0.2) is 4.39 Å². The number of hydrogen-bond donors (Lipinski definition) is 1. The molecule has 0 saturated heterocycles. The standard InChI is InChI=1S/C17H29FN2O/c1-7-13(3)20(8-9-21-6)17-10-12(2)16(18)11-15(17)14(4)19-5/h10-11,13-14,19H,7-9H2,1-6H3. The third kappa shape index (κ3) is 4.42. The van der Waals surface area contributed by atoms with E-state index in [1.165, 1.54) is 0 Å². The zero-order valence-corrected chi connectivity index (χ0v) is 14.2. The highest BCUT2D eigenvalue weighted by atomic mass is 19.1. The summed E-state index contributed by atoms with van der Waals surface area (Å²) in [6.07, 6.45) is 1.04. The van der Waals surface area contributed by atoms with Gasteiger partial charge in [-0.3, -0.25) is 0 Å². The molecule has 1 aromatic rings. The number of hydrogen-bond acceptors (Lipinski definition) is 3. The van der Waals surface area contributed by atoms with Crippen LogP contribution in [0.15, 0.2) is 12.1 Å². The zero-order chi connectivity index (χ0) is 16.0. The molecular weight excluding hydrogens is 267 g/mol. The monoisotopic (exact) mass is 296 g/mol. The molecule has 0 aromatic heterocycles. The molecule has 3 nitrogen and oxygen atoms in total. The van der Waals surface area contributed by atoms with E-state index in [2.05, 4.69) is 31.0 Å². The van der Waals surface area contributed by atoms with Gasteiger partial charge >= 0.3 is 0 Å². The minimum Gasteiger partial charge on any atom is -0.383 e. The van der Waals surface area contributed by atoms with Crippen molar-refractivity contribution in [2.75, 3.05) is 32.2 Å². The first-order valence-corrected chi connectivity index (χ1v) is 7.69. The minimum atomic E-state index is -0.147. The highest BCUT2D eigenvalue weighted by Gasteiger charge is 2.20. The highest BCUT2D eigenvalue weighted by Crippen LogP contribution is 2.31. The maximum Gasteiger partial charge on any atom is 0.126 e. The van der Waals surface area contributed by atoms with Crippen LogP contribution in [-0.2, 0) is 4.74 Å². The summed E-state index contributed by atoms with van der Waals surface area (Å²) in [5, 5.41) is 3.21. The van der Waals surface area contributed by atoms with Gasteiger partial charge in [0.25, 0.3) is 0 Å². The summed E-state index contributed by atoms with van der Waals surface area (Å²) in [7, 11) is 3.61. The summed E-state index contributed by atoms with van der Waals surface area (Å²) in [5.41, 5.74) is 2.78. The van der Waals surface area contributed by atoms with E-state index in [1.807, 2.05) is 20.0 Å². The molecule has 120 valence electrons. The molecule has 0 aliphatic carbocycles. The highest BCUT2D eigenvalue weighted by molar-refractivity contribution is 5.57. The first-order chi connectivity index (χ1) is 9.96. The van der Waals surface area contributed by atoms with E-state index < -0.39 is 0 Å². The van der Waals surface area contributed by atoms with E-state index in [4.69, 9.17) is 4.74 Å². The Kier molecular flexibility index (Phi) is 7.12. The number of rotatable bonds is 8. The summed E-state index contributed by atoms with van der Waals surface area (Å²) in [6.45, 7) is 9.70. The Hall–Kier alpha value is -1.13. The lowest BCUT2D eigenvalue weighted by atomic mass is 10.0. The van der Waals surface area contributed by atoms with Crippen molar-refractivity contribution in [2.45, 2.75) is 46.2 Å². The molecule has 0 heterocycles. The number of nitrogens with zero attached hydrogens (tertiary/aromatic N) is 1. The average molecular weight is 296 g/mol. The Morgan fingerprint density at radius 1 is 1.33 bits per heavy atom. The van der Waals surface area contributed by atoms with Gasteiger partial charge < -0.3 is 15.0 Å². The molecule has 0 bridgehead atoms. The van der Waals surface area contributed by atoms with Gasteiger partial charge in [0.15, 0.2) is 0 Å². The lowest BCUT2D eigenvalue weighted by molar-refractivity contribution is 0.203. The molecule has 4 heteroatoms. The van der Waals surface area contributed by atoms with Crippen LogP contribution < -0.4 is 10.2 Å². The fraction of sp³-hybridized carbons (Fsp3) is 0.647. The lowest BCUT2D eigenvalue weighted by Crippen LogP contribution is -2.37. The second-order valence-corrected chi connectivity index (χ2v) is 5.61. The minimum absolute atomic E-state index is 0.101. The van der Waals surface area contributed by atoms with E-state index in [0.29, 0.717) is 18.2 Å². The number of ether oxygens (including phenoxy) is 1. The summed E-state index contributed by atoms with van der Waals surface area (Å²) in [4.78, 5) is 2.32. The molecule has 2 unspecified atom stereocenters. The molecule has 0 aliphatic heterocycles. The van der Waals surface area contributed by atoms with Crippen molar-refractivity contribution in [1.82, 2.24) is 5.32 Å². The Morgan fingerprint density at radius 3 is 2.52 bits per heavy atom. The average Bonchev–Trinajstić information content (AvgIpc) is 2.49. The number of aryl methyl sites for hydroxylation is 1. The van der Waals surface area contributed by atoms with Gasteiger partial charge in [-0.15, -0.1) is 0 Å². The molecule has 21 heavy (non-hydrogen) atoms. The Balaban J connectivity index is 3.29. The van der Waals surface area contributed by atoms with Gasteiger partial charge in [0.1, 0.15) is 5.82 Å². The largest absolute Gasteiger partial charge is 0.383 e. The molecule has 0 saturated carbocycles. The predicted octanol–water partition coefficient (Wildman–Crippen LogP) is 3.67.